The number of hydrogen-bond acceptors (Lipinski definition) is 1. The standard InChI is InChI=1S/C16H15N/c17-10-4-7-12-6-3-9-15-14-8-2-1-5-13(14)11-16(12)15/h1-6,8-10H,7,11,17H2. The van der Waals surface area contributed by atoms with Gasteiger partial charge >= 0.3 is 0 Å². The van der Waals surface area contributed by atoms with Gasteiger partial charge in [0.15, 0.2) is 0 Å². The lowest BCUT2D eigenvalue weighted by Gasteiger charge is -2.05. The largest absolute Gasteiger partial charge is 0.405 e. The first kappa shape index (κ1) is 10.2. The predicted molar refractivity (Wildman–Crippen MR) is 71.7 cm³/mol. The lowest BCUT2D eigenvalue weighted by atomic mass is 9.99. The molecule has 2 aromatic rings. The Labute approximate surface area is 102 Å². The van der Waals surface area contributed by atoms with Gasteiger partial charge in [0.2, 0.25) is 0 Å². The van der Waals surface area contributed by atoms with Crippen LogP contribution in [0.5, 0.6) is 0 Å². The Kier molecular flexibility index (Phi) is 2.45. The molecule has 1 aliphatic rings. The fourth-order valence-corrected chi connectivity index (χ4v) is 2.61. The quantitative estimate of drug-likeness (QED) is 0.706. The van der Waals surface area contributed by atoms with E-state index < -0.39 is 0 Å². The second-order valence-corrected chi connectivity index (χ2v) is 4.41. The molecule has 3 rings (SSSR count). The zero-order valence-corrected chi connectivity index (χ0v) is 9.69. The molecule has 0 aliphatic heterocycles. The third kappa shape index (κ3) is 1.64. The third-order valence-corrected chi connectivity index (χ3v) is 3.42. The molecular weight excluding hydrogens is 206 g/mol. The van der Waals surface area contributed by atoms with Crippen LogP contribution in [0, 0.1) is 0 Å². The molecule has 1 heteroatoms. The number of rotatable bonds is 2. The minimum atomic E-state index is 0.924. The Morgan fingerprint density at radius 2 is 1.82 bits per heavy atom. The SMILES string of the molecule is NC=CCc1cccc2c1Cc1ccccc1-2. The van der Waals surface area contributed by atoms with E-state index in [1.165, 1.54) is 27.8 Å². The van der Waals surface area contributed by atoms with Gasteiger partial charge in [-0.05, 0) is 46.9 Å². The van der Waals surface area contributed by atoms with Crippen LogP contribution in [0.1, 0.15) is 16.7 Å². The maximum absolute atomic E-state index is 5.43. The van der Waals surface area contributed by atoms with Gasteiger partial charge in [-0.3, -0.25) is 0 Å². The van der Waals surface area contributed by atoms with Gasteiger partial charge in [-0.2, -0.15) is 0 Å². The molecule has 1 aliphatic carbocycles. The molecule has 0 saturated heterocycles. The summed E-state index contributed by atoms with van der Waals surface area (Å²) in [6, 6.07) is 15.2. The fourth-order valence-electron chi connectivity index (χ4n) is 2.61. The van der Waals surface area contributed by atoms with Crippen molar-refractivity contribution in [1.29, 1.82) is 0 Å². The highest BCUT2D eigenvalue weighted by Gasteiger charge is 2.19. The molecule has 0 bridgehead atoms. The van der Waals surface area contributed by atoms with Crippen molar-refractivity contribution >= 4 is 0 Å². The van der Waals surface area contributed by atoms with Gasteiger partial charge in [-0.15, -0.1) is 0 Å². The van der Waals surface area contributed by atoms with Crippen molar-refractivity contribution < 1.29 is 0 Å². The lowest BCUT2D eigenvalue weighted by molar-refractivity contribution is 1.15. The fraction of sp³-hybridized carbons (Fsp3) is 0.125. The van der Waals surface area contributed by atoms with Crippen molar-refractivity contribution in [2.24, 2.45) is 5.73 Å². The van der Waals surface area contributed by atoms with E-state index in [-0.39, 0.29) is 0 Å². The third-order valence-electron chi connectivity index (χ3n) is 3.42. The molecular formula is C16H15N. The van der Waals surface area contributed by atoms with E-state index in [4.69, 9.17) is 5.73 Å². The van der Waals surface area contributed by atoms with Crippen LogP contribution in [0.3, 0.4) is 0 Å². The first-order valence-corrected chi connectivity index (χ1v) is 5.96. The second-order valence-electron chi connectivity index (χ2n) is 4.41. The van der Waals surface area contributed by atoms with Crippen molar-refractivity contribution in [3.05, 3.63) is 71.4 Å². The van der Waals surface area contributed by atoms with Crippen LogP contribution >= 0.6 is 0 Å². The molecule has 0 radical (unpaired) electrons. The molecule has 1 nitrogen and oxygen atoms in total. The van der Waals surface area contributed by atoms with Crippen molar-refractivity contribution in [2.75, 3.05) is 0 Å². The van der Waals surface area contributed by atoms with Gasteiger partial charge in [-0.1, -0.05) is 48.5 Å². The smallest absolute Gasteiger partial charge is 0.00106 e. The summed E-state index contributed by atoms with van der Waals surface area (Å²) in [7, 11) is 0. The molecule has 0 fully saturated rings. The number of hydrogen-bond donors (Lipinski definition) is 1. The Morgan fingerprint density at radius 3 is 2.71 bits per heavy atom. The highest BCUT2D eigenvalue weighted by atomic mass is 14.5. The van der Waals surface area contributed by atoms with Crippen molar-refractivity contribution in [3.63, 3.8) is 0 Å². The molecule has 84 valence electrons. The van der Waals surface area contributed by atoms with E-state index in [0.717, 1.165) is 12.8 Å². The molecule has 2 N–H and O–H groups in total. The maximum Gasteiger partial charge on any atom is -0.00106 e. The zero-order valence-electron chi connectivity index (χ0n) is 9.69. The van der Waals surface area contributed by atoms with Gasteiger partial charge in [0.25, 0.3) is 0 Å². The summed E-state index contributed by atoms with van der Waals surface area (Å²) < 4.78 is 0. The average Bonchev–Trinajstić information content (AvgIpc) is 2.75. The average molecular weight is 221 g/mol. The van der Waals surface area contributed by atoms with E-state index in [9.17, 15) is 0 Å². The minimum Gasteiger partial charge on any atom is -0.405 e. The molecule has 0 amide bonds. The summed E-state index contributed by atoms with van der Waals surface area (Å²) in [6.07, 6.45) is 5.62. The summed E-state index contributed by atoms with van der Waals surface area (Å²) in [5.74, 6) is 0. The Hall–Kier alpha value is -2.02. The first-order valence-electron chi connectivity index (χ1n) is 5.96. The summed E-state index contributed by atoms with van der Waals surface area (Å²) >= 11 is 0. The van der Waals surface area contributed by atoms with Crippen LogP contribution in [0.15, 0.2) is 54.7 Å². The molecule has 0 atom stereocenters. The van der Waals surface area contributed by atoms with Gasteiger partial charge < -0.3 is 5.73 Å². The monoisotopic (exact) mass is 221 g/mol. The van der Waals surface area contributed by atoms with Crippen molar-refractivity contribution in [3.8, 4) is 11.1 Å². The number of allylic oxidation sites excluding steroid dienone is 1. The molecule has 0 unspecified atom stereocenters. The van der Waals surface area contributed by atoms with Gasteiger partial charge in [0, 0.05) is 0 Å². The van der Waals surface area contributed by atoms with E-state index in [1.54, 1.807) is 6.20 Å². The Balaban J connectivity index is 2.10. The summed E-state index contributed by atoms with van der Waals surface area (Å²) in [5.41, 5.74) is 12.5. The molecule has 0 spiro atoms. The van der Waals surface area contributed by atoms with E-state index in [2.05, 4.69) is 42.5 Å². The number of fused-ring (bicyclic) bond motifs is 3. The van der Waals surface area contributed by atoms with Gasteiger partial charge in [0.1, 0.15) is 0 Å². The van der Waals surface area contributed by atoms with Crippen LogP contribution in [-0.4, -0.2) is 0 Å². The Bertz CT molecular complexity index is 582. The van der Waals surface area contributed by atoms with Crippen molar-refractivity contribution in [1.82, 2.24) is 0 Å². The highest BCUT2D eigenvalue weighted by molar-refractivity contribution is 5.77. The van der Waals surface area contributed by atoms with E-state index in [1.807, 2.05) is 6.08 Å². The molecule has 0 aromatic heterocycles. The molecule has 2 aromatic carbocycles. The lowest BCUT2D eigenvalue weighted by Crippen LogP contribution is -1.91. The van der Waals surface area contributed by atoms with Crippen LogP contribution in [-0.2, 0) is 12.8 Å². The minimum absolute atomic E-state index is 0.924. The number of benzene rings is 2. The summed E-state index contributed by atoms with van der Waals surface area (Å²) in [4.78, 5) is 0. The van der Waals surface area contributed by atoms with E-state index in [0.29, 0.717) is 0 Å². The summed E-state index contributed by atoms with van der Waals surface area (Å²) in [6.45, 7) is 0. The highest BCUT2D eigenvalue weighted by Crippen LogP contribution is 2.38. The summed E-state index contributed by atoms with van der Waals surface area (Å²) in [5, 5.41) is 0. The zero-order chi connectivity index (χ0) is 11.7. The normalized spacial score (nSPS) is 12.7. The van der Waals surface area contributed by atoms with Crippen LogP contribution in [0.25, 0.3) is 11.1 Å². The van der Waals surface area contributed by atoms with Gasteiger partial charge in [-0.25, -0.2) is 0 Å². The Morgan fingerprint density at radius 1 is 1.00 bits per heavy atom. The van der Waals surface area contributed by atoms with Crippen LogP contribution in [0.4, 0.5) is 0 Å². The molecule has 0 saturated carbocycles. The van der Waals surface area contributed by atoms with Crippen molar-refractivity contribution in [2.45, 2.75) is 12.8 Å². The van der Waals surface area contributed by atoms with Crippen LogP contribution in [0.2, 0.25) is 0 Å². The number of nitrogens with two attached hydrogens (primary N) is 1. The maximum atomic E-state index is 5.43. The van der Waals surface area contributed by atoms with E-state index >= 15 is 0 Å². The molecule has 0 heterocycles. The second kappa shape index (κ2) is 4.10. The molecule has 17 heavy (non-hydrogen) atoms. The van der Waals surface area contributed by atoms with Crippen LogP contribution < -0.4 is 5.73 Å². The van der Waals surface area contributed by atoms with Gasteiger partial charge in [0.05, 0.1) is 0 Å². The topological polar surface area (TPSA) is 26.0 Å². The predicted octanol–water partition coefficient (Wildman–Crippen LogP) is 3.27. The first-order chi connectivity index (χ1) is 8.40.